The Balaban J connectivity index is 1.87. The number of morpholine rings is 1. The van der Waals surface area contributed by atoms with Gasteiger partial charge in [-0.15, -0.1) is 0 Å². The quantitative estimate of drug-likeness (QED) is 0.742. The molecule has 3 heterocycles. The van der Waals surface area contributed by atoms with Gasteiger partial charge < -0.3 is 14.4 Å². The van der Waals surface area contributed by atoms with Crippen LogP contribution in [0.1, 0.15) is 37.7 Å². The van der Waals surface area contributed by atoms with Crippen molar-refractivity contribution in [3.8, 4) is 0 Å². The van der Waals surface area contributed by atoms with Crippen molar-refractivity contribution in [2.45, 2.75) is 37.0 Å². The molecule has 1 aromatic rings. The lowest BCUT2D eigenvalue weighted by atomic mass is 9.94. The summed E-state index contributed by atoms with van der Waals surface area (Å²) in [4.78, 5) is 11.8. The van der Waals surface area contributed by atoms with E-state index in [9.17, 15) is 8.42 Å². The number of allylic oxidation sites excluding steroid dienone is 4. The van der Waals surface area contributed by atoms with E-state index in [0.717, 1.165) is 17.8 Å². The van der Waals surface area contributed by atoms with Gasteiger partial charge in [0.05, 0.1) is 24.9 Å². The van der Waals surface area contributed by atoms with Gasteiger partial charge in [0, 0.05) is 37.7 Å². The number of hydrogen-bond donors (Lipinski definition) is 0. The zero-order valence-electron chi connectivity index (χ0n) is 17.0. The lowest BCUT2D eigenvalue weighted by molar-refractivity contribution is 0.0731. The van der Waals surface area contributed by atoms with E-state index in [2.05, 4.69) is 24.3 Å². The van der Waals surface area contributed by atoms with Gasteiger partial charge in [-0.3, -0.25) is 0 Å². The Morgan fingerprint density at radius 2 is 1.97 bits per heavy atom. The summed E-state index contributed by atoms with van der Waals surface area (Å²) in [6.07, 6.45) is 11.0. The van der Waals surface area contributed by atoms with Gasteiger partial charge in [-0.1, -0.05) is 18.2 Å². The van der Waals surface area contributed by atoms with Crippen molar-refractivity contribution in [3.63, 3.8) is 0 Å². The van der Waals surface area contributed by atoms with E-state index < -0.39 is 14.6 Å². The first kappa shape index (κ1) is 20.5. The third-order valence-corrected chi connectivity index (χ3v) is 8.03. The third kappa shape index (κ3) is 3.98. The second-order valence-electron chi connectivity index (χ2n) is 7.92. The molecule has 1 aliphatic carbocycles. The van der Waals surface area contributed by atoms with Gasteiger partial charge in [-0.2, -0.15) is 0 Å². The van der Waals surface area contributed by atoms with Crippen molar-refractivity contribution in [3.05, 3.63) is 42.2 Å². The first-order chi connectivity index (χ1) is 13.9. The van der Waals surface area contributed by atoms with Gasteiger partial charge in [-0.25, -0.2) is 18.4 Å². The minimum Gasteiger partial charge on any atom is -0.381 e. The van der Waals surface area contributed by atoms with Gasteiger partial charge in [0.1, 0.15) is 10.6 Å². The number of rotatable bonds is 4. The topological polar surface area (TPSA) is 81.6 Å². The highest BCUT2D eigenvalue weighted by Crippen LogP contribution is 2.40. The van der Waals surface area contributed by atoms with Crippen LogP contribution in [0.5, 0.6) is 0 Å². The average molecular weight is 419 g/mol. The molecule has 2 aliphatic heterocycles. The monoisotopic (exact) mass is 418 g/mol. The Kier molecular flexibility index (Phi) is 5.77. The fraction of sp³-hybridized carbons (Fsp3) is 0.571. The van der Waals surface area contributed by atoms with E-state index in [4.69, 9.17) is 19.4 Å². The smallest absolute Gasteiger partial charge is 0.161 e. The Bertz CT molecular complexity index is 920. The van der Waals surface area contributed by atoms with E-state index in [1.165, 1.54) is 6.26 Å². The van der Waals surface area contributed by atoms with Crippen LogP contribution < -0.4 is 4.90 Å². The first-order valence-electron chi connectivity index (χ1n) is 10.1. The summed E-state index contributed by atoms with van der Waals surface area (Å²) >= 11 is 0. The van der Waals surface area contributed by atoms with Crippen LogP contribution in [-0.4, -0.2) is 63.7 Å². The maximum absolute atomic E-state index is 13.0. The van der Waals surface area contributed by atoms with Crippen LogP contribution in [0, 0.1) is 6.42 Å². The minimum atomic E-state index is -3.41. The molecular formula is C21H28N3O4S. The maximum Gasteiger partial charge on any atom is 0.161 e. The highest BCUT2D eigenvalue weighted by Gasteiger charge is 2.46. The van der Waals surface area contributed by atoms with Gasteiger partial charge in [0.2, 0.25) is 0 Å². The zero-order valence-corrected chi connectivity index (χ0v) is 17.8. The fourth-order valence-corrected chi connectivity index (χ4v) is 5.60. The number of hydrogen-bond acceptors (Lipinski definition) is 7. The van der Waals surface area contributed by atoms with Crippen LogP contribution in [0.25, 0.3) is 5.57 Å². The SMILES string of the molecule is C[C@H]1COCCN1c1cc(C2(S(C)(=O)=O)CCOCC2)nc(C2=CC[CH]C=C2)n1. The normalized spacial score (nSPS) is 25.0. The van der Waals surface area contributed by atoms with Crippen LogP contribution in [-0.2, 0) is 24.1 Å². The van der Waals surface area contributed by atoms with Crippen LogP contribution in [0.15, 0.2) is 24.3 Å². The van der Waals surface area contributed by atoms with Crippen molar-refractivity contribution >= 4 is 21.2 Å². The largest absolute Gasteiger partial charge is 0.381 e. The van der Waals surface area contributed by atoms with Gasteiger partial charge in [-0.05, 0) is 32.6 Å². The van der Waals surface area contributed by atoms with Crippen molar-refractivity contribution in [2.24, 2.45) is 0 Å². The van der Waals surface area contributed by atoms with Crippen LogP contribution >= 0.6 is 0 Å². The van der Waals surface area contributed by atoms with E-state index in [1.807, 2.05) is 18.2 Å². The molecule has 0 saturated carbocycles. The highest BCUT2D eigenvalue weighted by molar-refractivity contribution is 7.91. The molecule has 1 aromatic heterocycles. The molecule has 29 heavy (non-hydrogen) atoms. The predicted molar refractivity (Wildman–Crippen MR) is 112 cm³/mol. The molecule has 7 nitrogen and oxygen atoms in total. The second-order valence-corrected chi connectivity index (χ2v) is 10.2. The van der Waals surface area contributed by atoms with E-state index in [1.54, 1.807) is 0 Å². The number of sulfone groups is 1. The Labute approximate surface area is 172 Å². The van der Waals surface area contributed by atoms with Crippen molar-refractivity contribution in [1.82, 2.24) is 9.97 Å². The van der Waals surface area contributed by atoms with E-state index in [0.29, 0.717) is 57.3 Å². The minimum absolute atomic E-state index is 0.160. The van der Waals surface area contributed by atoms with Crippen molar-refractivity contribution < 1.29 is 17.9 Å². The standard InChI is InChI=1S/C21H28N3O4S/c1-16-15-28-13-10-24(16)19-14-18(21(29(2,25)26)8-11-27-12-9-21)22-20(23-19)17-6-4-3-5-7-17/h3-4,6-7,14,16H,5,8-13,15H2,1-2H3/t16-/m0/s1. The molecule has 0 unspecified atom stereocenters. The molecule has 0 N–H and O–H groups in total. The molecule has 1 atom stereocenters. The summed E-state index contributed by atoms with van der Waals surface area (Å²) in [7, 11) is -3.41. The summed E-state index contributed by atoms with van der Waals surface area (Å²) < 4.78 is 36.0. The average Bonchev–Trinajstić information content (AvgIpc) is 2.74. The molecule has 0 spiro atoms. The molecule has 0 aromatic carbocycles. The summed E-state index contributed by atoms with van der Waals surface area (Å²) in [5, 5.41) is 0. The molecule has 2 fully saturated rings. The fourth-order valence-electron chi connectivity index (χ4n) is 4.21. The third-order valence-electron chi connectivity index (χ3n) is 6.00. The Hall–Kier alpha value is -1.77. The van der Waals surface area contributed by atoms with Crippen molar-refractivity contribution in [1.29, 1.82) is 0 Å². The Morgan fingerprint density at radius 3 is 2.62 bits per heavy atom. The van der Waals surface area contributed by atoms with Crippen LogP contribution in [0.2, 0.25) is 0 Å². The lowest BCUT2D eigenvalue weighted by Gasteiger charge is -2.37. The number of aromatic nitrogens is 2. The van der Waals surface area contributed by atoms with Crippen molar-refractivity contribution in [2.75, 3.05) is 44.1 Å². The summed E-state index contributed by atoms with van der Waals surface area (Å²) in [5.41, 5.74) is 1.50. The number of nitrogens with zero attached hydrogens (tertiary/aromatic N) is 3. The highest BCUT2D eigenvalue weighted by atomic mass is 32.2. The summed E-state index contributed by atoms with van der Waals surface area (Å²) in [5.74, 6) is 1.34. The van der Waals surface area contributed by atoms with Gasteiger partial charge in [0.25, 0.3) is 0 Å². The zero-order chi connectivity index (χ0) is 20.5. The molecular weight excluding hydrogens is 390 g/mol. The molecule has 1 radical (unpaired) electrons. The summed E-state index contributed by atoms with van der Waals surface area (Å²) in [6.45, 7) is 4.88. The molecule has 0 bridgehead atoms. The molecule has 3 aliphatic rings. The van der Waals surface area contributed by atoms with Gasteiger partial charge >= 0.3 is 0 Å². The molecule has 0 amide bonds. The maximum atomic E-state index is 13.0. The first-order valence-corrected chi connectivity index (χ1v) is 12.0. The Morgan fingerprint density at radius 1 is 1.17 bits per heavy atom. The molecule has 157 valence electrons. The second kappa shape index (κ2) is 8.16. The van der Waals surface area contributed by atoms with Crippen LogP contribution in [0.3, 0.4) is 0 Å². The van der Waals surface area contributed by atoms with E-state index in [-0.39, 0.29) is 6.04 Å². The number of ether oxygens (including phenoxy) is 2. The molecule has 2 saturated heterocycles. The van der Waals surface area contributed by atoms with Crippen LogP contribution in [0.4, 0.5) is 5.82 Å². The molecule has 8 heteroatoms. The number of anilines is 1. The predicted octanol–water partition coefficient (Wildman–Crippen LogP) is 2.30. The summed E-state index contributed by atoms with van der Waals surface area (Å²) in [6, 6.07) is 2.03. The molecule has 4 rings (SSSR count). The van der Waals surface area contributed by atoms with E-state index >= 15 is 0 Å². The lowest BCUT2D eigenvalue weighted by Crippen LogP contribution is -2.45. The van der Waals surface area contributed by atoms with Gasteiger partial charge in [0.15, 0.2) is 15.7 Å².